The van der Waals surface area contributed by atoms with Crippen molar-refractivity contribution in [2.75, 3.05) is 18.6 Å². The Morgan fingerprint density at radius 2 is 1.94 bits per heavy atom. The topological polar surface area (TPSA) is 101 Å². The summed E-state index contributed by atoms with van der Waals surface area (Å²) in [5.41, 5.74) is -1.24. The monoisotopic (exact) mass is 249 g/mol. The van der Waals surface area contributed by atoms with Crippen LogP contribution in [0.5, 0.6) is 0 Å². The van der Waals surface area contributed by atoms with Crippen molar-refractivity contribution >= 4 is 21.7 Å². The molecule has 1 amide bonds. The number of carbonyl (C=O) groups excluding carboxylic acids is 1. The SMILES string of the molecule is CS(=O)(=O)CCCNC(=O)C1(C(=O)O)CC1. The number of rotatable bonds is 6. The standard InChI is InChI=1S/C9H15NO5S/c1-16(14,15)6-2-5-10-7(11)9(3-4-9)8(12)13/h2-6H2,1H3,(H,10,11)(H,12,13). The predicted molar refractivity (Wildman–Crippen MR) is 56.6 cm³/mol. The highest BCUT2D eigenvalue weighted by Gasteiger charge is 2.56. The molecule has 0 radical (unpaired) electrons. The van der Waals surface area contributed by atoms with E-state index in [1.54, 1.807) is 0 Å². The van der Waals surface area contributed by atoms with Crippen LogP contribution in [0.1, 0.15) is 19.3 Å². The van der Waals surface area contributed by atoms with Gasteiger partial charge in [0, 0.05) is 12.8 Å². The fourth-order valence-electron chi connectivity index (χ4n) is 1.37. The summed E-state index contributed by atoms with van der Waals surface area (Å²) >= 11 is 0. The first-order valence-electron chi connectivity index (χ1n) is 4.97. The lowest BCUT2D eigenvalue weighted by Crippen LogP contribution is -2.37. The van der Waals surface area contributed by atoms with E-state index in [1.165, 1.54) is 0 Å². The highest BCUT2D eigenvalue weighted by Crippen LogP contribution is 2.45. The molecule has 0 aromatic heterocycles. The average molecular weight is 249 g/mol. The number of nitrogens with one attached hydrogen (secondary N) is 1. The minimum atomic E-state index is -3.03. The molecule has 1 rings (SSSR count). The molecule has 2 N–H and O–H groups in total. The van der Waals surface area contributed by atoms with E-state index in [-0.39, 0.29) is 12.3 Å². The fraction of sp³-hybridized carbons (Fsp3) is 0.778. The Hall–Kier alpha value is -1.11. The molecule has 0 saturated heterocycles. The van der Waals surface area contributed by atoms with E-state index in [4.69, 9.17) is 5.11 Å². The summed E-state index contributed by atoms with van der Waals surface area (Å²) in [6.45, 7) is 0.195. The first-order valence-corrected chi connectivity index (χ1v) is 7.03. The van der Waals surface area contributed by atoms with Crippen LogP contribution in [0.2, 0.25) is 0 Å². The van der Waals surface area contributed by atoms with Crippen LogP contribution in [0.15, 0.2) is 0 Å². The molecule has 16 heavy (non-hydrogen) atoms. The minimum Gasteiger partial charge on any atom is -0.480 e. The Morgan fingerprint density at radius 3 is 2.31 bits per heavy atom. The molecule has 0 unspecified atom stereocenters. The average Bonchev–Trinajstić information content (AvgIpc) is 2.90. The maximum Gasteiger partial charge on any atom is 0.319 e. The smallest absolute Gasteiger partial charge is 0.319 e. The second-order valence-corrected chi connectivity index (χ2v) is 6.39. The Morgan fingerprint density at radius 1 is 1.38 bits per heavy atom. The van der Waals surface area contributed by atoms with Crippen LogP contribution in [0.25, 0.3) is 0 Å². The lowest BCUT2D eigenvalue weighted by molar-refractivity contribution is -0.149. The zero-order valence-electron chi connectivity index (χ0n) is 9.02. The molecule has 6 nitrogen and oxygen atoms in total. The van der Waals surface area contributed by atoms with Gasteiger partial charge < -0.3 is 10.4 Å². The van der Waals surface area contributed by atoms with Gasteiger partial charge in [0.1, 0.15) is 15.3 Å². The van der Waals surface area contributed by atoms with Gasteiger partial charge in [0.25, 0.3) is 0 Å². The lowest BCUT2D eigenvalue weighted by atomic mass is 10.1. The number of sulfone groups is 1. The van der Waals surface area contributed by atoms with Gasteiger partial charge in [0.15, 0.2) is 0 Å². The molecule has 0 atom stereocenters. The first kappa shape index (κ1) is 13.0. The Kier molecular flexibility index (Phi) is 3.57. The number of hydrogen-bond acceptors (Lipinski definition) is 4. The van der Waals surface area contributed by atoms with E-state index in [2.05, 4.69) is 5.32 Å². The molecule has 0 aromatic rings. The second-order valence-electron chi connectivity index (χ2n) is 4.13. The van der Waals surface area contributed by atoms with Crippen LogP contribution in [-0.4, -0.2) is 44.0 Å². The summed E-state index contributed by atoms with van der Waals surface area (Å²) in [6, 6.07) is 0. The van der Waals surface area contributed by atoms with E-state index in [0.29, 0.717) is 19.3 Å². The summed E-state index contributed by atoms with van der Waals surface area (Å²) in [4.78, 5) is 22.2. The normalized spacial score (nSPS) is 17.8. The van der Waals surface area contributed by atoms with E-state index < -0.39 is 27.1 Å². The van der Waals surface area contributed by atoms with Crippen LogP contribution >= 0.6 is 0 Å². The molecule has 0 aromatic carbocycles. The van der Waals surface area contributed by atoms with Crippen molar-refractivity contribution in [2.45, 2.75) is 19.3 Å². The zero-order valence-corrected chi connectivity index (χ0v) is 9.84. The van der Waals surface area contributed by atoms with Gasteiger partial charge in [0.05, 0.1) is 5.75 Å². The summed E-state index contributed by atoms with van der Waals surface area (Å²) < 4.78 is 21.6. The van der Waals surface area contributed by atoms with E-state index >= 15 is 0 Å². The van der Waals surface area contributed by atoms with Gasteiger partial charge in [-0.1, -0.05) is 0 Å². The van der Waals surface area contributed by atoms with Gasteiger partial charge in [0.2, 0.25) is 5.91 Å². The molecule has 0 spiro atoms. The van der Waals surface area contributed by atoms with Gasteiger partial charge in [-0.25, -0.2) is 8.42 Å². The zero-order chi connectivity index (χ0) is 12.4. The second kappa shape index (κ2) is 4.40. The number of aliphatic carboxylic acids is 1. The quantitative estimate of drug-likeness (QED) is 0.483. The molecule has 0 bridgehead atoms. The highest BCUT2D eigenvalue weighted by atomic mass is 32.2. The molecule has 0 aliphatic heterocycles. The Bertz CT molecular complexity index is 396. The molecule has 1 saturated carbocycles. The third kappa shape index (κ3) is 3.19. The fourth-order valence-corrected chi connectivity index (χ4v) is 2.04. The molecular formula is C9H15NO5S. The predicted octanol–water partition coefficient (Wildman–Crippen LogP) is -0.598. The summed E-state index contributed by atoms with van der Waals surface area (Å²) in [6.07, 6.45) is 2.15. The van der Waals surface area contributed by atoms with Crippen LogP contribution in [0, 0.1) is 5.41 Å². The molecule has 1 aliphatic rings. The largest absolute Gasteiger partial charge is 0.480 e. The third-order valence-electron chi connectivity index (χ3n) is 2.57. The molecule has 1 aliphatic carbocycles. The maximum absolute atomic E-state index is 11.5. The van der Waals surface area contributed by atoms with Crippen LogP contribution in [0.3, 0.4) is 0 Å². The van der Waals surface area contributed by atoms with Crippen molar-refractivity contribution < 1.29 is 23.1 Å². The van der Waals surface area contributed by atoms with E-state index in [0.717, 1.165) is 6.26 Å². The van der Waals surface area contributed by atoms with E-state index in [1.807, 2.05) is 0 Å². The lowest BCUT2D eigenvalue weighted by Gasteiger charge is -2.10. The molecule has 0 heterocycles. The molecule has 1 fully saturated rings. The van der Waals surface area contributed by atoms with Crippen molar-refractivity contribution in [2.24, 2.45) is 5.41 Å². The maximum atomic E-state index is 11.5. The Balaban J connectivity index is 2.29. The molecule has 92 valence electrons. The first-order chi connectivity index (χ1) is 7.28. The number of carboxylic acids is 1. The van der Waals surface area contributed by atoms with Crippen molar-refractivity contribution in [1.29, 1.82) is 0 Å². The number of hydrogen-bond donors (Lipinski definition) is 2. The van der Waals surface area contributed by atoms with Gasteiger partial charge in [-0.15, -0.1) is 0 Å². The summed E-state index contributed by atoms with van der Waals surface area (Å²) in [5.74, 6) is -1.62. The number of carboxylic acid groups (broad SMARTS) is 1. The molecule has 7 heteroatoms. The van der Waals surface area contributed by atoms with Gasteiger partial charge in [-0.3, -0.25) is 9.59 Å². The van der Waals surface area contributed by atoms with Gasteiger partial charge in [-0.2, -0.15) is 0 Å². The highest BCUT2D eigenvalue weighted by molar-refractivity contribution is 7.90. The van der Waals surface area contributed by atoms with Crippen molar-refractivity contribution in [1.82, 2.24) is 5.32 Å². The van der Waals surface area contributed by atoms with Crippen LogP contribution < -0.4 is 5.32 Å². The summed E-state index contributed by atoms with van der Waals surface area (Å²) in [7, 11) is -3.03. The van der Waals surface area contributed by atoms with E-state index in [9.17, 15) is 18.0 Å². The van der Waals surface area contributed by atoms with Gasteiger partial charge >= 0.3 is 5.97 Å². The Labute approximate surface area is 93.9 Å². The van der Waals surface area contributed by atoms with Crippen molar-refractivity contribution in [3.8, 4) is 0 Å². The summed E-state index contributed by atoms with van der Waals surface area (Å²) in [5, 5.41) is 11.3. The van der Waals surface area contributed by atoms with Crippen molar-refractivity contribution in [3.63, 3.8) is 0 Å². The minimum absolute atomic E-state index is 0.00660. The third-order valence-corrected chi connectivity index (χ3v) is 3.60. The molecular weight excluding hydrogens is 234 g/mol. The number of amides is 1. The number of carbonyl (C=O) groups is 2. The van der Waals surface area contributed by atoms with Crippen molar-refractivity contribution in [3.05, 3.63) is 0 Å². The van der Waals surface area contributed by atoms with Gasteiger partial charge in [-0.05, 0) is 19.3 Å². The van der Waals surface area contributed by atoms with Crippen LogP contribution in [-0.2, 0) is 19.4 Å². The van der Waals surface area contributed by atoms with Crippen LogP contribution in [0.4, 0.5) is 0 Å².